The molecule has 2 heterocycles. The van der Waals surface area contributed by atoms with Gasteiger partial charge in [0.2, 0.25) is 6.29 Å². The molecule has 3 atom stereocenters. The molecule has 3 aromatic rings. The summed E-state index contributed by atoms with van der Waals surface area (Å²) in [7, 11) is 0. The number of nitrogens with zero attached hydrogens (tertiary/aromatic N) is 4. The lowest BCUT2D eigenvalue weighted by Crippen LogP contribution is -2.54. The van der Waals surface area contributed by atoms with Crippen molar-refractivity contribution < 1.29 is 33.1 Å². The molecule has 1 aliphatic heterocycles. The van der Waals surface area contributed by atoms with E-state index in [4.69, 9.17) is 9.47 Å². The van der Waals surface area contributed by atoms with E-state index in [9.17, 15) is 28.8 Å². The Morgan fingerprint density at radius 1 is 1.28 bits per heavy atom. The zero-order chi connectivity index (χ0) is 30.6. The van der Waals surface area contributed by atoms with E-state index in [1.54, 1.807) is 31.2 Å². The van der Waals surface area contributed by atoms with Gasteiger partial charge >= 0.3 is 0 Å². The summed E-state index contributed by atoms with van der Waals surface area (Å²) in [4.78, 5) is 28.3. The number of ether oxygens (including phenoxy) is 2. The Labute approximate surface area is 249 Å². The number of aromatic nitrogens is 3. The largest absolute Gasteiger partial charge is 0.382 e. The number of para-hydroxylation sites is 1. The lowest BCUT2D eigenvalue weighted by Gasteiger charge is -2.39. The maximum absolute atomic E-state index is 14.9. The fraction of sp³-hybridized carbons (Fsp3) is 0.345. The molecule has 14 heteroatoms. The number of anilines is 1. The van der Waals surface area contributed by atoms with Crippen LogP contribution in [0.3, 0.4) is 0 Å². The quantitative estimate of drug-likeness (QED) is 0.258. The third kappa shape index (κ3) is 6.51. The van der Waals surface area contributed by atoms with Crippen LogP contribution in [0.15, 0.2) is 85.0 Å². The van der Waals surface area contributed by atoms with Crippen LogP contribution in [0.2, 0.25) is 0 Å². The van der Waals surface area contributed by atoms with E-state index in [2.05, 4.69) is 15.4 Å². The van der Waals surface area contributed by atoms with Crippen LogP contribution in [-0.4, -0.2) is 66.2 Å². The third-order valence-corrected chi connectivity index (χ3v) is 8.90. The Bertz CT molecular complexity index is 1520. The van der Waals surface area contributed by atoms with Crippen LogP contribution >= 0.6 is 11.8 Å². The van der Waals surface area contributed by atoms with E-state index >= 15 is 0 Å². The van der Waals surface area contributed by atoms with Gasteiger partial charge in [0.15, 0.2) is 0 Å². The number of hydrogen-bond donors (Lipinski definition) is 2. The Kier molecular flexibility index (Phi) is 9.01. The van der Waals surface area contributed by atoms with Gasteiger partial charge in [-0.1, -0.05) is 37.3 Å². The smallest absolute Gasteiger partial charge is 0.293 e. The summed E-state index contributed by atoms with van der Waals surface area (Å²) in [5, 5.41) is 29.7. The summed E-state index contributed by atoms with van der Waals surface area (Å²) >= 11 is 1.24. The molecule has 5 rings (SSSR count). The van der Waals surface area contributed by atoms with E-state index < -0.39 is 45.1 Å². The van der Waals surface area contributed by atoms with Crippen LogP contribution < -0.4 is 5.32 Å². The molecule has 1 fully saturated rings. The van der Waals surface area contributed by atoms with Crippen LogP contribution in [0, 0.1) is 21.7 Å². The number of hydrogen-bond acceptors (Lipinski definition) is 9. The third-order valence-electron chi connectivity index (χ3n) is 7.45. The average Bonchev–Trinajstić information content (AvgIpc) is 3.50. The molecule has 43 heavy (non-hydrogen) atoms. The monoisotopic (exact) mass is 613 g/mol. The number of rotatable bonds is 10. The Hall–Kier alpha value is -3.98. The van der Waals surface area contributed by atoms with E-state index in [1.807, 2.05) is 6.07 Å². The van der Waals surface area contributed by atoms with Crippen molar-refractivity contribution in [2.75, 3.05) is 18.5 Å². The van der Waals surface area contributed by atoms with Crippen LogP contribution in [0.1, 0.15) is 18.9 Å². The molecular formula is C29H29F2N5O6S. The zero-order valence-corrected chi connectivity index (χ0v) is 23.8. The molecule has 0 saturated carbocycles. The van der Waals surface area contributed by atoms with Gasteiger partial charge in [0.05, 0.1) is 25.0 Å². The summed E-state index contributed by atoms with van der Waals surface area (Å²) in [6.07, 6.45) is 5.49. The van der Waals surface area contributed by atoms with Gasteiger partial charge in [-0.3, -0.25) is 14.9 Å². The fourth-order valence-corrected chi connectivity index (χ4v) is 6.34. The zero-order valence-electron chi connectivity index (χ0n) is 23.0. The number of amides is 1. The van der Waals surface area contributed by atoms with Gasteiger partial charge in [-0.2, -0.15) is 5.10 Å². The van der Waals surface area contributed by atoms with Crippen LogP contribution in [0.25, 0.3) is 0 Å². The van der Waals surface area contributed by atoms with Crippen molar-refractivity contribution in [3.63, 3.8) is 0 Å². The van der Waals surface area contributed by atoms with Crippen molar-refractivity contribution in [1.29, 1.82) is 0 Å². The molecule has 0 radical (unpaired) electrons. The van der Waals surface area contributed by atoms with Gasteiger partial charge in [0.25, 0.3) is 11.4 Å². The molecule has 11 nitrogen and oxygen atoms in total. The van der Waals surface area contributed by atoms with Gasteiger partial charge < -0.3 is 19.9 Å². The highest BCUT2D eigenvalue weighted by atomic mass is 32.2. The number of thioether (sulfide) groups is 1. The first-order chi connectivity index (χ1) is 20.6. The highest BCUT2D eigenvalue weighted by Crippen LogP contribution is 2.40. The molecule has 0 bridgehead atoms. The number of carbonyl (C=O) groups is 1. The van der Waals surface area contributed by atoms with Gasteiger partial charge in [-0.15, -0.1) is 11.8 Å². The molecular weight excluding hydrogens is 584 g/mol. The topological polar surface area (TPSA) is 142 Å². The summed E-state index contributed by atoms with van der Waals surface area (Å²) in [5.41, 5.74) is -2.82. The molecule has 1 saturated heterocycles. The highest BCUT2D eigenvalue weighted by Gasteiger charge is 2.53. The summed E-state index contributed by atoms with van der Waals surface area (Å²) in [5.74, 6) is -2.08. The molecule has 0 spiro atoms. The first-order valence-electron chi connectivity index (χ1n) is 13.4. The lowest BCUT2D eigenvalue weighted by molar-refractivity contribution is -0.584. The second-order valence-electron chi connectivity index (χ2n) is 10.3. The van der Waals surface area contributed by atoms with E-state index in [1.165, 1.54) is 53.4 Å². The fourth-order valence-electron chi connectivity index (χ4n) is 5.02. The number of carbonyl (C=O) groups excluding carboxylic acids is 1. The van der Waals surface area contributed by atoms with Crippen molar-refractivity contribution in [2.45, 2.75) is 47.8 Å². The van der Waals surface area contributed by atoms with Crippen LogP contribution in [0.5, 0.6) is 0 Å². The SMILES string of the molecule is C[C@@H](S[C@H]1CO[C@H](C2([N+](=O)[O-])C=CC(C(=O)Nc3ccccc3)=CC2)OC1)[C@](O)(Cn1cncn1)c1ccc(F)cc1F. The van der Waals surface area contributed by atoms with Crippen molar-refractivity contribution in [3.05, 3.63) is 112 Å². The Morgan fingerprint density at radius 2 is 2.02 bits per heavy atom. The lowest BCUT2D eigenvalue weighted by atomic mass is 9.88. The number of aliphatic hydroxyl groups is 1. The average molecular weight is 614 g/mol. The second-order valence-corrected chi connectivity index (χ2v) is 12.0. The molecule has 2 aromatic carbocycles. The predicted molar refractivity (Wildman–Crippen MR) is 153 cm³/mol. The molecule has 2 N–H and O–H groups in total. The van der Waals surface area contributed by atoms with Crippen molar-refractivity contribution in [1.82, 2.24) is 14.8 Å². The summed E-state index contributed by atoms with van der Waals surface area (Å²) in [6.45, 7) is 1.60. The number of nitrogens with one attached hydrogen (secondary N) is 1. The standard InChI is InChI=1S/C29H29F2N5O6S/c1-19(29(38,16-35-18-32-17-33-35)24-8-7-21(30)13-25(24)31)43-23-14-41-27(42-15-23)28(36(39)40)11-9-20(10-12-28)26(37)34-22-5-3-2-4-6-22/h2-11,13,17-19,23,27,38H,12,14-16H2,1H3,(H,34,37)/t19-,23-,27-,28?,29-/m1/s1. The van der Waals surface area contributed by atoms with Crippen molar-refractivity contribution in [3.8, 4) is 0 Å². The van der Waals surface area contributed by atoms with Gasteiger partial charge in [0, 0.05) is 39.5 Å². The van der Waals surface area contributed by atoms with Gasteiger partial charge in [-0.25, -0.2) is 18.4 Å². The summed E-state index contributed by atoms with van der Waals surface area (Å²) in [6, 6.07) is 11.8. The maximum Gasteiger partial charge on any atom is 0.293 e. The Balaban J connectivity index is 1.25. The molecule has 1 aromatic heterocycles. The maximum atomic E-state index is 14.9. The van der Waals surface area contributed by atoms with Gasteiger partial charge in [-0.05, 0) is 30.4 Å². The first-order valence-corrected chi connectivity index (χ1v) is 14.3. The molecule has 2 aliphatic rings. The van der Waals surface area contributed by atoms with Crippen molar-refractivity contribution in [2.24, 2.45) is 0 Å². The first kappa shape index (κ1) is 30.5. The molecule has 1 aliphatic carbocycles. The number of halogens is 2. The van der Waals surface area contributed by atoms with E-state index in [0.717, 1.165) is 6.07 Å². The van der Waals surface area contributed by atoms with E-state index in [-0.39, 0.29) is 42.6 Å². The van der Waals surface area contributed by atoms with Crippen LogP contribution in [-0.2, 0) is 26.4 Å². The minimum Gasteiger partial charge on any atom is -0.382 e. The van der Waals surface area contributed by atoms with Gasteiger partial charge in [0.1, 0.15) is 29.9 Å². The molecule has 226 valence electrons. The highest BCUT2D eigenvalue weighted by molar-refractivity contribution is 8.00. The molecule has 1 unspecified atom stereocenters. The number of benzene rings is 2. The second kappa shape index (κ2) is 12.7. The number of nitro groups is 1. The van der Waals surface area contributed by atoms with E-state index in [0.29, 0.717) is 11.8 Å². The van der Waals surface area contributed by atoms with Crippen molar-refractivity contribution >= 4 is 23.4 Å². The summed E-state index contributed by atoms with van der Waals surface area (Å²) < 4.78 is 41.6. The van der Waals surface area contributed by atoms with Crippen LogP contribution in [0.4, 0.5) is 14.5 Å². The normalized spacial score (nSPS) is 24.0. The minimum atomic E-state index is -1.83. The molecule has 1 amide bonds. The Morgan fingerprint density at radius 3 is 2.63 bits per heavy atom. The minimum absolute atomic E-state index is 0.0411. The predicted octanol–water partition coefficient (Wildman–Crippen LogP) is 3.85.